The SMILES string of the molecule is Cc1ccc(N2C(=O)C(Cl)=C(Nc3cc(Cl)cc(Cl)c3)C2=O)c(C)c1. The van der Waals surface area contributed by atoms with Crippen LogP contribution in [-0.2, 0) is 9.59 Å². The molecular weight excluding hydrogens is 383 g/mol. The summed E-state index contributed by atoms with van der Waals surface area (Å²) in [6.07, 6.45) is 0. The number of nitrogens with zero attached hydrogens (tertiary/aromatic N) is 1. The summed E-state index contributed by atoms with van der Waals surface area (Å²) in [6.45, 7) is 3.77. The quantitative estimate of drug-likeness (QED) is 0.740. The highest BCUT2D eigenvalue weighted by molar-refractivity contribution is 6.53. The fraction of sp³-hybridized carbons (Fsp3) is 0.111. The van der Waals surface area contributed by atoms with Crippen molar-refractivity contribution in [1.29, 1.82) is 0 Å². The molecule has 0 aliphatic carbocycles. The zero-order valence-electron chi connectivity index (χ0n) is 13.4. The molecule has 1 N–H and O–H groups in total. The van der Waals surface area contributed by atoms with Crippen molar-refractivity contribution >= 4 is 58.0 Å². The van der Waals surface area contributed by atoms with E-state index in [9.17, 15) is 9.59 Å². The van der Waals surface area contributed by atoms with E-state index in [0.29, 0.717) is 21.4 Å². The van der Waals surface area contributed by atoms with Gasteiger partial charge in [-0.15, -0.1) is 0 Å². The van der Waals surface area contributed by atoms with Crippen LogP contribution in [0.3, 0.4) is 0 Å². The molecule has 2 aromatic carbocycles. The van der Waals surface area contributed by atoms with Crippen LogP contribution < -0.4 is 10.2 Å². The minimum absolute atomic E-state index is 0.00928. The Bertz CT molecular complexity index is 918. The first-order valence-electron chi connectivity index (χ1n) is 7.37. The third kappa shape index (κ3) is 3.38. The van der Waals surface area contributed by atoms with E-state index in [2.05, 4.69) is 5.32 Å². The number of benzene rings is 2. The highest BCUT2D eigenvalue weighted by Crippen LogP contribution is 2.33. The Morgan fingerprint density at radius 3 is 2.12 bits per heavy atom. The van der Waals surface area contributed by atoms with Gasteiger partial charge in [0.25, 0.3) is 11.8 Å². The highest BCUT2D eigenvalue weighted by Gasteiger charge is 2.39. The molecule has 0 bridgehead atoms. The number of halogens is 3. The smallest absolute Gasteiger partial charge is 0.283 e. The van der Waals surface area contributed by atoms with Gasteiger partial charge in [0.2, 0.25) is 0 Å². The van der Waals surface area contributed by atoms with Crippen molar-refractivity contribution in [2.45, 2.75) is 13.8 Å². The minimum Gasteiger partial charge on any atom is -0.350 e. The maximum atomic E-state index is 12.8. The lowest BCUT2D eigenvalue weighted by Crippen LogP contribution is -2.32. The average molecular weight is 396 g/mol. The summed E-state index contributed by atoms with van der Waals surface area (Å²) in [5, 5.41) is 3.47. The Balaban J connectivity index is 1.96. The molecular formula is C18H13Cl3N2O2. The fourth-order valence-corrected chi connectivity index (χ4v) is 3.40. The van der Waals surface area contributed by atoms with Crippen LogP contribution in [-0.4, -0.2) is 11.8 Å². The van der Waals surface area contributed by atoms with E-state index < -0.39 is 11.8 Å². The molecule has 1 aliphatic rings. The molecule has 0 spiro atoms. The van der Waals surface area contributed by atoms with Crippen LogP contribution in [0.4, 0.5) is 11.4 Å². The maximum Gasteiger partial charge on any atom is 0.283 e. The third-order valence-corrected chi connectivity index (χ3v) is 4.54. The molecule has 3 rings (SSSR count). The molecule has 7 heteroatoms. The highest BCUT2D eigenvalue weighted by atomic mass is 35.5. The van der Waals surface area contributed by atoms with Gasteiger partial charge in [0.05, 0.1) is 5.69 Å². The van der Waals surface area contributed by atoms with Gasteiger partial charge in [-0.3, -0.25) is 9.59 Å². The second kappa shape index (κ2) is 6.71. The Morgan fingerprint density at radius 2 is 1.52 bits per heavy atom. The summed E-state index contributed by atoms with van der Waals surface area (Å²) in [5.74, 6) is -1.10. The number of nitrogens with one attached hydrogen (secondary N) is 1. The van der Waals surface area contributed by atoms with E-state index in [1.807, 2.05) is 26.0 Å². The van der Waals surface area contributed by atoms with E-state index in [0.717, 1.165) is 16.0 Å². The van der Waals surface area contributed by atoms with Gasteiger partial charge in [-0.1, -0.05) is 52.5 Å². The predicted octanol–water partition coefficient (Wildman–Crippen LogP) is 5.05. The van der Waals surface area contributed by atoms with Gasteiger partial charge in [0, 0.05) is 15.7 Å². The van der Waals surface area contributed by atoms with Gasteiger partial charge >= 0.3 is 0 Å². The van der Waals surface area contributed by atoms with Crippen molar-refractivity contribution in [2.75, 3.05) is 10.2 Å². The molecule has 0 fully saturated rings. The molecule has 4 nitrogen and oxygen atoms in total. The number of carbonyl (C=O) groups is 2. The summed E-state index contributed by atoms with van der Waals surface area (Å²) in [6, 6.07) is 10.2. The van der Waals surface area contributed by atoms with E-state index in [1.165, 1.54) is 0 Å². The van der Waals surface area contributed by atoms with Gasteiger partial charge in [0.15, 0.2) is 0 Å². The van der Waals surface area contributed by atoms with Gasteiger partial charge in [0.1, 0.15) is 10.7 Å². The van der Waals surface area contributed by atoms with Crippen molar-refractivity contribution in [2.24, 2.45) is 0 Å². The molecule has 0 aromatic heterocycles. The largest absolute Gasteiger partial charge is 0.350 e. The molecule has 0 radical (unpaired) electrons. The first-order valence-corrected chi connectivity index (χ1v) is 8.50. The summed E-state index contributed by atoms with van der Waals surface area (Å²) in [4.78, 5) is 26.3. The van der Waals surface area contributed by atoms with Crippen LogP contribution in [0.15, 0.2) is 47.1 Å². The number of aryl methyl sites for hydroxylation is 2. The molecule has 1 heterocycles. The predicted molar refractivity (Wildman–Crippen MR) is 101 cm³/mol. The summed E-state index contributed by atoms with van der Waals surface area (Å²) in [7, 11) is 0. The van der Waals surface area contributed by atoms with E-state index in [-0.39, 0.29) is 10.7 Å². The first kappa shape index (κ1) is 17.8. The summed E-state index contributed by atoms with van der Waals surface area (Å²) >= 11 is 18.0. The molecule has 1 aliphatic heterocycles. The molecule has 25 heavy (non-hydrogen) atoms. The lowest BCUT2D eigenvalue weighted by molar-refractivity contribution is -0.120. The second-order valence-electron chi connectivity index (χ2n) is 5.71. The van der Waals surface area contributed by atoms with Crippen molar-refractivity contribution in [1.82, 2.24) is 0 Å². The number of hydrogen-bond donors (Lipinski definition) is 1. The van der Waals surface area contributed by atoms with Crippen LogP contribution in [0.25, 0.3) is 0 Å². The first-order chi connectivity index (χ1) is 11.8. The Hall–Kier alpha value is -2.01. The molecule has 0 saturated heterocycles. The van der Waals surface area contributed by atoms with Crippen LogP contribution >= 0.6 is 34.8 Å². The van der Waals surface area contributed by atoms with Gasteiger partial charge < -0.3 is 5.32 Å². The molecule has 0 saturated carbocycles. The Labute approximate surface area is 160 Å². The molecule has 0 unspecified atom stereocenters. The van der Waals surface area contributed by atoms with Crippen molar-refractivity contribution in [3.05, 3.63) is 68.3 Å². The topological polar surface area (TPSA) is 49.4 Å². The van der Waals surface area contributed by atoms with Crippen LogP contribution in [0.1, 0.15) is 11.1 Å². The number of imide groups is 1. The van der Waals surface area contributed by atoms with Gasteiger partial charge in [-0.2, -0.15) is 0 Å². The van der Waals surface area contributed by atoms with Gasteiger partial charge in [-0.05, 0) is 43.7 Å². The number of anilines is 2. The normalized spacial score (nSPS) is 14.5. The monoisotopic (exact) mass is 394 g/mol. The van der Waals surface area contributed by atoms with E-state index in [4.69, 9.17) is 34.8 Å². The van der Waals surface area contributed by atoms with Crippen LogP contribution in [0.2, 0.25) is 10.0 Å². The maximum absolute atomic E-state index is 12.8. The Kier molecular flexibility index (Phi) is 4.78. The molecule has 2 amide bonds. The Morgan fingerprint density at radius 1 is 0.880 bits per heavy atom. The van der Waals surface area contributed by atoms with Crippen molar-refractivity contribution < 1.29 is 9.59 Å². The van der Waals surface area contributed by atoms with E-state index >= 15 is 0 Å². The third-order valence-electron chi connectivity index (χ3n) is 3.75. The number of amides is 2. The number of hydrogen-bond acceptors (Lipinski definition) is 3. The number of rotatable bonds is 3. The molecule has 128 valence electrons. The standard InChI is InChI=1S/C18H13Cl3N2O2/c1-9-3-4-14(10(2)5-9)23-17(24)15(21)16(18(23)25)22-13-7-11(19)6-12(20)8-13/h3-8,22H,1-2H3. The molecule has 0 atom stereocenters. The summed E-state index contributed by atoms with van der Waals surface area (Å²) < 4.78 is 0. The van der Waals surface area contributed by atoms with E-state index in [1.54, 1.807) is 24.3 Å². The van der Waals surface area contributed by atoms with Crippen LogP contribution in [0, 0.1) is 13.8 Å². The summed E-state index contributed by atoms with van der Waals surface area (Å²) in [5.41, 5.74) is 2.79. The fourth-order valence-electron chi connectivity index (χ4n) is 2.66. The lowest BCUT2D eigenvalue weighted by Gasteiger charge is -2.18. The zero-order valence-corrected chi connectivity index (χ0v) is 15.6. The van der Waals surface area contributed by atoms with Crippen molar-refractivity contribution in [3.8, 4) is 0 Å². The zero-order chi connectivity index (χ0) is 18.3. The lowest BCUT2D eigenvalue weighted by atomic mass is 10.1. The average Bonchev–Trinajstić information content (AvgIpc) is 2.71. The van der Waals surface area contributed by atoms with Crippen LogP contribution in [0.5, 0.6) is 0 Å². The van der Waals surface area contributed by atoms with Gasteiger partial charge in [-0.25, -0.2) is 4.90 Å². The number of carbonyl (C=O) groups excluding carboxylic acids is 2. The minimum atomic E-state index is -0.575. The molecule has 2 aromatic rings. The second-order valence-corrected chi connectivity index (χ2v) is 6.96. The van der Waals surface area contributed by atoms with Crippen molar-refractivity contribution in [3.63, 3.8) is 0 Å².